The Hall–Kier alpha value is -3.65. The summed E-state index contributed by atoms with van der Waals surface area (Å²) in [7, 11) is 0. The molecule has 0 radical (unpaired) electrons. The molecule has 6 nitrogen and oxygen atoms in total. The second kappa shape index (κ2) is 9.07. The summed E-state index contributed by atoms with van der Waals surface area (Å²) in [5.74, 6) is -2.71. The second-order valence-electron chi connectivity index (χ2n) is 7.97. The van der Waals surface area contributed by atoms with Crippen molar-refractivity contribution in [1.82, 2.24) is 4.98 Å². The van der Waals surface area contributed by atoms with Gasteiger partial charge in [-0.15, -0.1) is 0 Å². The number of esters is 1. The van der Waals surface area contributed by atoms with Crippen molar-refractivity contribution in [1.29, 1.82) is 5.41 Å². The molecule has 0 saturated carbocycles. The summed E-state index contributed by atoms with van der Waals surface area (Å²) < 4.78 is 31.7. The normalized spacial score (nSPS) is 14.5. The number of nitrogens with one attached hydrogen (secondary N) is 1. The fraction of sp³-hybridized carbons (Fsp3) is 0.240. The van der Waals surface area contributed by atoms with Crippen LogP contribution in [0.25, 0.3) is 11.1 Å². The van der Waals surface area contributed by atoms with Crippen LogP contribution in [0.5, 0.6) is 0 Å². The van der Waals surface area contributed by atoms with Crippen molar-refractivity contribution in [3.63, 3.8) is 0 Å². The van der Waals surface area contributed by atoms with Crippen LogP contribution in [-0.4, -0.2) is 42.3 Å². The van der Waals surface area contributed by atoms with Gasteiger partial charge in [0.1, 0.15) is 5.69 Å². The topological polar surface area (TPSA) is 82.9 Å². The van der Waals surface area contributed by atoms with Crippen LogP contribution in [0.1, 0.15) is 29.9 Å². The van der Waals surface area contributed by atoms with Crippen LogP contribution < -0.4 is 10.2 Å². The van der Waals surface area contributed by atoms with E-state index in [-0.39, 0.29) is 25.4 Å². The minimum atomic E-state index is -2.65. The van der Waals surface area contributed by atoms with Crippen LogP contribution in [0, 0.1) is 5.41 Å². The van der Waals surface area contributed by atoms with Crippen molar-refractivity contribution in [2.45, 2.75) is 19.8 Å². The Morgan fingerprint density at radius 3 is 2.39 bits per heavy atom. The van der Waals surface area contributed by atoms with E-state index in [0.717, 1.165) is 11.3 Å². The molecule has 4 rings (SSSR count). The van der Waals surface area contributed by atoms with Crippen molar-refractivity contribution in [2.24, 2.45) is 0 Å². The van der Waals surface area contributed by atoms with E-state index in [9.17, 15) is 13.6 Å². The third-order valence-corrected chi connectivity index (χ3v) is 5.40. The molecular weight excluding hydrogens is 426 g/mol. The predicted molar refractivity (Wildman–Crippen MR) is 123 cm³/mol. The summed E-state index contributed by atoms with van der Waals surface area (Å²) in [4.78, 5) is 18.7. The Morgan fingerprint density at radius 1 is 1.15 bits per heavy atom. The minimum Gasteiger partial charge on any atom is -0.461 e. The molecule has 0 amide bonds. The molecule has 3 aromatic rings. The number of carbonyl (C=O) groups is 1. The van der Waals surface area contributed by atoms with Crippen LogP contribution in [-0.2, 0) is 4.74 Å². The molecule has 1 aliphatic heterocycles. The summed E-state index contributed by atoms with van der Waals surface area (Å²) in [6.07, 6.45) is 0. The monoisotopic (exact) mass is 451 g/mol. The molecule has 2 heterocycles. The number of carbonyl (C=O) groups excluding carboxylic acids is 1. The van der Waals surface area contributed by atoms with Crippen molar-refractivity contribution in [3.8, 4) is 11.1 Å². The van der Waals surface area contributed by atoms with Crippen LogP contribution in [0.2, 0.25) is 0 Å². The van der Waals surface area contributed by atoms with Gasteiger partial charge in [-0.1, -0.05) is 30.3 Å². The number of rotatable bonds is 7. The fourth-order valence-corrected chi connectivity index (χ4v) is 3.85. The zero-order chi connectivity index (χ0) is 23.6. The third-order valence-electron chi connectivity index (χ3n) is 5.40. The van der Waals surface area contributed by atoms with Gasteiger partial charge in [0.15, 0.2) is 5.69 Å². The van der Waals surface area contributed by atoms with Gasteiger partial charge in [0.25, 0.3) is 5.92 Å². The van der Waals surface area contributed by atoms with Crippen molar-refractivity contribution < 1.29 is 23.6 Å². The number of benzene rings is 2. The number of halogens is 2. The molecule has 0 atom stereocenters. The maximum atomic E-state index is 13.2. The molecule has 0 bridgehead atoms. The van der Waals surface area contributed by atoms with E-state index < -0.39 is 11.9 Å². The van der Waals surface area contributed by atoms with Crippen LogP contribution in [0.15, 0.2) is 60.7 Å². The quantitative estimate of drug-likeness (QED) is 0.319. The first-order valence-corrected chi connectivity index (χ1v) is 10.7. The largest absolute Gasteiger partial charge is 0.461 e. The summed E-state index contributed by atoms with van der Waals surface area (Å²) in [6.45, 7) is 3.02. The van der Waals surface area contributed by atoms with Gasteiger partial charge in [-0.2, -0.15) is 4.98 Å². The van der Waals surface area contributed by atoms with Crippen LogP contribution in [0.4, 0.5) is 26.0 Å². The Kier molecular flexibility index (Phi) is 6.20. The van der Waals surface area contributed by atoms with Crippen LogP contribution in [0.3, 0.4) is 0 Å². The van der Waals surface area contributed by atoms with Gasteiger partial charge in [0.2, 0.25) is 5.82 Å². The highest BCUT2D eigenvalue weighted by Gasteiger charge is 2.43. The fourth-order valence-electron chi connectivity index (χ4n) is 3.85. The summed E-state index contributed by atoms with van der Waals surface area (Å²) in [6, 6.07) is 18.3. The van der Waals surface area contributed by atoms with E-state index in [1.165, 1.54) is 0 Å². The zero-order valence-corrected chi connectivity index (χ0v) is 18.4. The number of pyridine rings is 1. The Balaban J connectivity index is 1.78. The maximum Gasteiger partial charge on any atom is 0.357 e. The molecule has 8 heteroatoms. The van der Waals surface area contributed by atoms with Gasteiger partial charge < -0.3 is 15.0 Å². The predicted octanol–water partition coefficient (Wildman–Crippen LogP) is 4.29. The highest BCUT2D eigenvalue weighted by Crippen LogP contribution is 2.34. The number of hydrogen-bond donors (Lipinski definition) is 2. The first kappa shape index (κ1) is 22.5. The van der Waals surface area contributed by atoms with Gasteiger partial charge in [0.05, 0.1) is 25.3 Å². The molecule has 1 saturated heterocycles. The molecule has 2 aromatic carbocycles. The lowest BCUT2D eigenvalue weighted by Gasteiger charge is -2.40. The number of anilines is 1. The lowest BCUT2D eigenvalue weighted by molar-refractivity contribution is -0.483. The van der Waals surface area contributed by atoms with Gasteiger partial charge in [-0.3, -0.25) is 5.32 Å². The molecular formula is C25H25F2N4O2+. The zero-order valence-electron chi connectivity index (χ0n) is 18.4. The average molecular weight is 451 g/mol. The first-order valence-electron chi connectivity index (χ1n) is 10.7. The smallest absolute Gasteiger partial charge is 0.357 e. The number of alkyl halides is 2. The lowest BCUT2D eigenvalue weighted by Crippen LogP contribution is -2.72. The molecule has 0 aliphatic carbocycles. The summed E-state index contributed by atoms with van der Waals surface area (Å²) in [5.41, 5.74) is 4.02. The lowest BCUT2D eigenvalue weighted by atomic mass is 9.96. The summed E-state index contributed by atoms with van der Waals surface area (Å²) in [5, 5.41) is 10.2. The van der Waals surface area contributed by atoms with E-state index in [4.69, 9.17) is 10.1 Å². The van der Waals surface area contributed by atoms with Crippen molar-refractivity contribution in [3.05, 3.63) is 71.9 Å². The number of nitrogens with two attached hydrogens (primary N) is 1. The number of aromatic nitrogens is 1. The molecule has 3 N–H and O–H groups in total. The van der Waals surface area contributed by atoms with Gasteiger partial charge in [-0.25, -0.2) is 13.6 Å². The maximum absolute atomic E-state index is 13.2. The Bertz CT molecular complexity index is 1170. The van der Waals surface area contributed by atoms with E-state index in [1.54, 1.807) is 36.9 Å². The average Bonchev–Trinajstić information content (AvgIpc) is 2.77. The van der Waals surface area contributed by atoms with Crippen molar-refractivity contribution >= 4 is 28.9 Å². The highest BCUT2D eigenvalue weighted by atomic mass is 19.3. The van der Waals surface area contributed by atoms with E-state index in [0.29, 0.717) is 28.3 Å². The molecule has 0 spiro atoms. The number of nitrogens with zero attached hydrogens (tertiary/aromatic N) is 2. The molecule has 1 fully saturated rings. The highest BCUT2D eigenvalue weighted by molar-refractivity contribution is 6.06. The number of para-hydroxylation sites is 1. The van der Waals surface area contributed by atoms with Crippen LogP contribution >= 0.6 is 0 Å². The van der Waals surface area contributed by atoms with Gasteiger partial charge in [-0.05, 0) is 49.7 Å². The van der Waals surface area contributed by atoms with E-state index in [2.05, 4.69) is 4.98 Å². The third kappa shape index (κ3) is 4.90. The van der Waals surface area contributed by atoms with Crippen molar-refractivity contribution in [2.75, 3.05) is 24.6 Å². The Labute approximate surface area is 190 Å². The SMILES string of the molecule is CCOC(=O)c1cc(-c2ccc(N3CC(F)(F)C3)cc2)c(C(C)=N)c([NH2+]c2ccccc2)n1. The molecule has 1 aliphatic rings. The second-order valence-corrected chi connectivity index (χ2v) is 7.97. The van der Waals surface area contributed by atoms with Gasteiger partial charge in [0, 0.05) is 17.0 Å². The molecule has 33 heavy (non-hydrogen) atoms. The molecule has 0 unspecified atom stereocenters. The molecule has 170 valence electrons. The Morgan fingerprint density at radius 2 is 1.82 bits per heavy atom. The standard InChI is InChI=1S/C25H24F2N4O2/c1-3-33-24(32)21-13-20(17-9-11-19(12-10-17)31-14-25(26,27)15-31)22(16(2)28)23(30-21)29-18-7-5-4-6-8-18/h4-13,28H,3,14-15H2,1-2H3,(H,29,30)/p+1. The molecule has 1 aromatic heterocycles. The van der Waals surface area contributed by atoms with Gasteiger partial charge >= 0.3 is 5.97 Å². The number of hydrogen-bond acceptors (Lipinski definition) is 5. The van der Waals surface area contributed by atoms with E-state index >= 15 is 0 Å². The van der Waals surface area contributed by atoms with E-state index in [1.807, 2.05) is 47.8 Å². The first-order chi connectivity index (χ1) is 15.8. The summed E-state index contributed by atoms with van der Waals surface area (Å²) >= 11 is 0. The minimum absolute atomic E-state index is 0.144. The number of quaternary nitrogens is 1. The number of ether oxygens (including phenoxy) is 1.